The van der Waals surface area contributed by atoms with E-state index in [1.54, 1.807) is 0 Å². The summed E-state index contributed by atoms with van der Waals surface area (Å²) < 4.78 is 38.0. The summed E-state index contributed by atoms with van der Waals surface area (Å²) in [6.07, 6.45) is 6.43. The highest BCUT2D eigenvalue weighted by molar-refractivity contribution is 8.03. The third kappa shape index (κ3) is 10.6. The Morgan fingerprint density at radius 1 is 0.484 bits per heavy atom. The highest BCUT2D eigenvalue weighted by Gasteiger charge is 2.56. The molecule has 0 rings (SSSR count). The van der Waals surface area contributed by atoms with E-state index in [4.69, 9.17) is 26.6 Å². The van der Waals surface area contributed by atoms with Crippen LogP contribution in [0.5, 0.6) is 0 Å². The summed E-state index contributed by atoms with van der Waals surface area (Å²) in [5.41, 5.74) is 0. The first kappa shape index (κ1) is 31.5. The van der Waals surface area contributed by atoms with Gasteiger partial charge in [-0.1, -0.05) is 39.5 Å². The molecule has 2 atom stereocenters. The van der Waals surface area contributed by atoms with Crippen molar-refractivity contribution in [1.82, 2.24) is 0 Å². The lowest BCUT2D eigenvalue weighted by Gasteiger charge is -2.40. The summed E-state index contributed by atoms with van der Waals surface area (Å²) in [5.74, 6) is 0. The van der Waals surface area contributed by atoms with Crippen LogP contribution in [-0.4, -0.2) is 67.0 Å². The molecule has 0 aliphatic carbocycles. The lowest BCUT2D eigenvalue weighted by molar-refractivity contribution is 0.0668. The van der Waals surface area contributed by atoms with Gasteiger partial charge in [0, 0.05) is 39.6 Å². The third-order valence-electron chi connectivity index (χ3n) is 4.83. The van der Waals surface area contributed by atoms with Crippen molar-refractivity contribution in [3.63, 3.8) is 0 Å². The number of rotatable bonds is 22. The zero-order chi connectivity index (χ0) is 23.6. The van der Waals surface area contributed by atoms with Gasteiger partial charge in [-0.2, -0.15) is 0 Å². The Labute approximate surface area is 199 Å². The topological polar surface area (TPSA) is 55.4 Å². The monoisotopic (exact) mass is 498 g/mol. The zero-order valence-corrected chi connectivity index (χ0v) is 24.3. The molecule has 0 aromatic heterocycles. The second kappa shape index (κ2) is 18.9. The van der Waals surface area contributed by atoms with Crippen molar-refractivity contribution < 1.29 is 26.6 Å². The van der Waals surface area contributed by atoms with Crippen LogP contribution in [0.2, 0.25) is 0 Å². The molecule has 2 unspecified atom stereocenters. The van der Waals surface area contributed by atoms with Crippen LogP contribution >= 0.6 is 11.8 Å². The Bertz CT molecular complexity index is 349. The summed E-state index contributed by atoms with van der Waals surface area (Å²) in [7, 11) is -5.79. The minimum atomic E-state index is -2.89. The molecule has 0 saturated heterocycles. The van der Waals surface area contributed by atoms with E-state index in [-0.39, 0.29) is 9.75 Å². The van der Waals surface area contributed by atoms with Gasteiger partial charge in [0.25, 0.3) is 0 Å². The fourth-order valence-electron chi connectivity index (χ4n) is 3.65. The standard InChI is InChI=1S/C22H50O6SSi2/c1-9-17-19-21(30(23-11-3,24-12-4)25-13-5)29-22(20-18-10-2)31(26-14-6,27-15-7)28-16-8/h21-22H,9-20H2,1-8H3. The van der Waals surface area contributed by atoms with Crippen LogP contribution in [0, 0.1) is 0 Å². The molecule has 31 heavy (non-hydrogen) atoms. The molecule has 0 N–H and O–H groups in total. The quantitative estimate of drug-likeness (QED) is 0.169. The maximum atomic E-state index is 6.33. The van der Waals surface area contributed by atoms with E-state index < -0.39 is 17.6 Å². The molecule has 0 saturated carbocycles. The highest BCUT2D eigenvalue weighted by atomic mass is 32.2. The Morgan fingerprint density at radius 2 is 0.742 bits per heavy atom. The second-order valence-corrected chi connectivity index (χ2v) is 15.0. The van der Waals surface area contributed by atoms with Crippen LogP contribution in [0.1, 0.15) is 93.9 Å². The Kier molecular flexibility index (Phi) is 19.2. The predicted molar refractivity (Wildman–Crippen MR) is 135 cm³/mol. The smallest absolute Gasteiger partial charge is 0.373 e. The van der Waals surface area contributed by atoms with Crippen molar-refractivity contribution in [2.45, 2.75) is 104 Å². The fourth-order valence-corrected chi connectivity index (χ4v) is 13.7. The number of hydrogen-bond donors (Lipinski definition) is 0. The minimum Gasteiger partial charge on any atom is -0.373 e. The number of hydrogen-bond acceptors (Lipinski definition) is 7. The van der Waals surface area contributed by atoms with Gasteiger partial charge >= 0.3 is 17.6 Å². The molecular weight excluding hydrogens is 448 g/mol. The van der Waals surface area contributed by atoms with Gasteiger partial charge in [-0.25, -0.2) is 0 Å². The van der Waals surface area contributed by atoms with E-state index in [9.17, 15) is 0 Å². The predicted octanol–water partition coefficient (Wildman–Crippen LogP) is 6.01. The number of thioether (sulfide) groups is 1. The second-order valence-electron chi connectivity index (χ2n) is 7.20. The Balaban J connectivity index is 6.21. The molecule has 0 fully saturated rings. The molecular formula is C22H50O6SSi2. The molecule has 6 nitrogen and oxygen atoms in total. The lowest BCUT2D eigenvalue weighted by Crippen LogP contribution is -2.60. The van der Waals surface area contributed by atoms with Gasteiger partial charge in [0.05, 0.1) is 9.75 Å². The molecule has 0 aromatic rings. The van der Waals surface area contributed by atoms with Crippen LogP contribution < -0.4 is 0 Å². The first-order chi connectivity index (χ1) is 15.0. The SMILES string of the molecule is CCCCC(SC(CCCC)[Si](OCC)(OCC)OCC)[Si](OCC)(OCC)OCC. The summed E-state index contributed by atoms with van der Waals surface area (Å²) in [5, 5.41) is 0. The summed E-state index contributed by atoms with van der Waals surface area (Å²) >= 11 is 1.90. The van der Waals surface area contributed by atoms with Crippen molar-refractivity contribution in [2.75, 3.05) is 39.6 Å². The molecule has 0 aliphatic rings. The average Bonchev–Trinajstić information content (AvgIpc) is 2.74. The summed E-state index contributed by atoms with van der Waals surface area (Å²) in [4.78, 5) is 0.254. The Morgan fingerprint density at radius 3 is 0.935 bits per heavy atom. The average molecular weight is 499 g/mol. The minimum absolute atomic E-state index is 0.127. The maximum absolute atomic E-state index is 6.33. The van der Waals surface area contributed by atoms with E-state index in [0.29, 0.717) is 39.6 Å². The van der Waals surface area contributed by atoms with Crippen molar-refractivity contribution in [3.8, 4) is 0 Å². The Hall–Kier alpha value is 0.544. The lowest BCUT2D eigenvalue weighted by atomic mass is 10.3. The van der Waals surface area contributed by atoms with Gasteiger partial charge in [0.2, 0.25) is 0 Å². The summed E-state index contributed by atoms with van der Waals surface area (Å²) in [6.45, 7) is 20.1. The molecule has 0 radical (unpaired) electrons. The van der Waals surface area contributed by atoms with Gasteiger partial charge in [-0.05, 0) is 54.4 Å². The first-order valence-electron chi connectivity index (χ1n) is 12.5. The van der Waals surface area contributed by atoms with E-state index in [0.717, 1.165) is 38.5 Å². The van der Waals surface area contributed by atoms with Gasteiger partial charge < -0.3 is 26.6 Å². The van der Waals surface area contributed by atoms with Crippen LogP contribution in [0.4, 0.5) is 0 Å². The van der Waals surface area contributed by atoms with Gasteiger partial charge in [0.1, 0.15) is 0 Å². The maximum Gasteiger partial charge on any atom is 0.514 e. The van der Waals surface area contributed by atoms with Crippen LogP contribution in [0.25, 0.3) is 0 Å². The highest BCUT2D eigenvalue weighted by Crippen LogP contribution is 2.39. The van der Waals surface area contributed by atoms with E-state index in [1.165, 1.54) is 0 Å². The fraction of sp³-hybridized carbons (Fsp3) is 1.00. The van der Waals surface area contributed by atoms with E-state index in [2.05, 4.69) is 13.8 Å². The normalized spacial score (nSPS) is 14.7. The van der Waals surface area contributed by atoms with E-state index in [1.807, 2.05) is 53.3 Å². The summed E-state index contributed by atoms with van der Waals surface area (Å²) in [6, 6.07) is 0. The van der Waals surface area contributed by atoms with Crippen molar-refractivity contribution in [1.29, 1.82) is 0 Å². The number of unbranched alkanes of at least 4 members (excludes halogenated alkanes) is 2. The van der Waals surface area contributed by atoms with Gasteiger partial charge in [0.15, 0.2) is 0 Å². The zero-order valence-electron chi connectivity index (χ0n) is 21.5. The molecule has 9 heteroatoms. The van der Waals surface area contributed by atoms with Crippen LogP contribution in [-0.2, 0) is 26.6 Å². The largest absolute Gasteiger partial charge is 0.514 e. The van der Waals surface area contributed by atoms with Crippen LogP contribution in [0.15, 0.2) is 0 Å². The molecule has 0 heterocycles. The molecule has 0 aliphatic heterocycles. The van der Waals surface area contributed by atoms with Crippen molar-refractivity contribution in [3.05, 3.63) is 0 Å². The molecule has 0 bridgehead atoms. The van der Waals surface area contributed by atoms with E-state index >= 15 is 0 Å². The molecule has 0 spiro atoms. The molecule has 0 aromatic carbocycles. The van der Waals surface area contributed by atoms with Crippen LogP contribution in [0.3, 0.4) is 0 Å². The third-order valence-corrected chi connectivity index (χ3v) is 14.8. The van der Waals surface area contributed by atoms with Gasteiger partial charge in [-0.15, -0.1) is 11.8 Å². The van der Waals surface area contributed by atoms with Crippen molar-refractivity contribution >= 4 is 29.4 Å². The molecule has 188 valence electrons. The first-order valence-corrected chi connectivity index (χ1v) is 17.0. The van der Waals surface area contributed by atoms with Gasteiger partial charge in [-0.3, -0.25) is 0 Å². The van der Waals surface area contributed by atoms with Crippen molar-refractivity contribution in [2.24, 2.45) is 0 Å². The molecule has 0 amide bonds.